The van der Waals surface area contributed by atoms with E-state index < -0.39 is 0 Å². The Balaban J connectivity index is 1.47. The quantitative estimate of drug-likeness (QED) is 0.690. The van der Waals surface area contributed by atoms with Crippen LogP contribution < -0.4 is 4.74 Å². The van der Waals surface area contributed by atoms with Crippen LogP contribution in [0.25, 0.3) is 6.08 Å². The van der Waals surface area contributed by atoms with Crippen molar-refractivity contribution < 1.29 is 14.3 Å². The maximum Gasteiger partial charge on any atom is 0.246 e. The molecular formula is C23H33N3O3. The van der Waals surface area contributed by atoms with Crippen LogP contribution in [0.5, 0.6) is 5.75 Å². The summed E-state index contributed by atoms with van der Waals surface area (Å²) in [5.41, 5.74) is 0.905. The predicted octanol–water partition coefficient (Wildman–Crippen LogP) is 2.64. The summed E-state index contributed by atoms with van der Waals surface area (Å²) >= 11 is 0. The number of para-hydroxylation sites is 1. The molecule has 2 aliphatic heterocycles. The first kappa shape index (κ1) is 21.4. The SMILES string of the molecule is CCOc1ccccc1/C=C/C(=O)N1CCN(CC(=O)N2CCCCC2C)CC1. The molecule has 6 nitrogen and oxygen atoms in total. The number of amides is 2. The number of hydrogen-bond donors (Lipinski definition) is 0. The van der Waals surface area contributed by atoms with Gasteiger partial charge >= 0.3 is 0 Å². The van der Waals surface area contributed by atoms with Gasteiger partial charge in [0.15, 0.2) is 0 Å². The van der Waals surface area contributed by atoms with E-state index in [0.717, 1.165) is 43.8 Å². The van der Waals surface area contributed by atoms with Crippen molar-refractivity contribution >= 4 is 17.9 Å². The lowest BCUT2D eigenvalue weighted by molar-refractivity contribution is -0.136. The van der Waals surface area contributed by atoms with Crippen molar-refractivity contribution in [3.63, 3.8) is 0 Å². The van der Waals surface area contributed by atoms with Crippen LogP contribution in [-0.2, 0) is 9.59 Å². The highest BCUT2D eigenvalue weighted by Crippen LogP contribution is 2.20. The Labute approximate surface area is 174 Å². The van der Waals surface area contributed by atoms with E-state index in [9.17, 15) is 9.59 Å². The molecule has 0 bridgehead atoms. The van der Waals surface area contributed by atoms with E-state index in [4.69, 9.17) is 4.74 Å². The third kappa shape index (κ3) is 5.82. The standard InChI is InChI=1S/C23H33N3O3/c1-3-29-21-10-5-4-9-20(21)11-12-22(27)25-16-14-24(15-17-25)18-23(28)26-13-7-6-8-19(26)2/h4-5,9-12,19H,3,6-8,13-18H2,1-2H3/b12-11+. The van der Waals surface area contributed by atoms with Gasteiger partial charge < -0.3 is 14.5 Å². The summed E-state index contributed by atoms with van der Waals surface area (Å²) in [6.07, 6.45) is 6.87. The lowest BCUT2D eigenvalue weighted by Gasteiger charge is -2.37. The molecule has 1 atom stereocenters. The van der Waals surface area contributed by atoms with E-state index in [0.29, 0.717) is 32.3 Å². The zero-order chi connectivity index (χ0) is 20.6. The van der Waals surface area contributed by atoms with E-state index in [1.54, 1.807) is 6.08 Å². The minimum atomic E-state index is 0.00642. The summed E-state index contributed by atoms with van der Waals surface area (Å²) in [6, 6.07) is 8.07. The highest BCUT2D eigenvalue weighted by atomic mass is 16.5. The summed E-state index contributed by atoms with van der Waals surface area (Å²) in [7, 11) is 0. The summed E-state index contributed by atoms with van der Waals surface area (Å²) in [5.74, 6) is 1.02. The Bertz CT molecular complexity index is 726. The fourth-order valence-corrected chi connectivity index (χ4v) is 4.05. The fourth-order valence-electron chi connectivity index (χ4n) is 4.05. The topological polar surface area (TPSA) is 53.1 Å². The van der Waals surface area contributed by atoms with Crippen molar-refractivity contribution in [2.45, 2.75) is 39.2 Å². The smallest absolute Gasteiger partial charge is 0.246 e. The molecule has 0 aromatic heterocycles. The van der Waals surface area contributed by atoms with Gasteiger partial charge in [0, 0.05) is 50.4 Å². The number of piperidine rings is 1. The Kier molecular flexibility index (Phi) is 7.69. The number of ether oxygens (including phenoxy) is 1. The fraction of sp³-hybridized carbons (Fsp3) is 0.565. The van der Waals surface area contributed by atoms with E-state index in [2.05, 4.69) is 11.8 Å². The van der Waals surface area contributed by atoms with Gasteiger partial charge in [-0.25, -0.2) is 0 Å². The normalized spacial score (nSPS) is 20.8. The van der Waals surface area contributed by atoms with E-state index in [1.807, 2.05) is 47.1 Å². The lowest BCUT2D eigenvalue weighted by Crippen LogP contribution is -2.52. The van der Waals surface area contributed by atoms with Gasteiger partial charge in [-0.15, -0.1) is 0 Å². The molecule has 0 spiro atoms. The molecule has 1 aromatic carbocycles. The van der Waals surface area contributed by atoms with E-state index in [-0.39, 0.29) is 11.8 Å². The molecule has 3 rings (SSSR count). The minimum Gasteiger partial charge on any atom is -0.493 e. The first-order chi connectivity index (χ1) is 14.1. The van der Waals surface area contributed by atoms with Gasteiger partial charge in [0.05, 0.1) is 13.2 Å². The van der Waals surface area contributed by atoms with E-state index >= 15 is 0 Å². The van der Waals surface area contributed by atoms with Crippen LogP contribution in [0.15, 0.2) is 30.3 Å². The first-order valence-electron chi connectivity index (χ1n) is 10.8. The molecule has 158 valence electrons. The monoisotopic (exact) mass is 399 g/mol. The van der Waals surface area contributed by atoms with Gasteiger partial charge in [0.2, 0.25) is 11.8 Å². The van der Waals surface area contributed by atoms with Crippen LogP contribution in [0.1, 0.15) is 38.7 Å². The Hall–Kier alpha value is -2.34. The first-order valence-corrected chi connectivity index (χ1v) is 10.8. The Morgan fingerprint density at radius 1 is 1.10 bits per heavy atom. The zero-order valence-corrected chi connectivity index (χ0v) is 17.7. The second-order valence-corrected chi connectivity index (χ2v) is 7.84. The molecule has 2 amide bonds. The molecule has 2 fully saturated rings. The number of hydrogen-bond acceptors (Lipinski definition) is 4. The Morgan fingerprint density at radius 2 is 1.86 bits per heavy atom. The minimum absolute atomic E-state index is 0.00642. The number of piperazine rings is 1. The third-order valence-corrected chi connectivity index (χ3v) is 5.79. The molecule has 0 aliphatic carbocycles. The number of carbonyl (C=O) groups excluding carboxylic acids is 2. The van der Waals surface area contributed by atoms with Crippen molar-refractivity contribution in [2.24, 2.45) is 0 Å². The van der Waals surface area contributed by atoms with Gasteiger partial charge in [-0.1, -0.05) is 18.2 Å². The van der Waals surface area contributed by atoms with Crippen molar-refractivity contribution in [3.05, 3.63) is 35.9 Å². The number of benzene rings is 1. The van der Waals surface area contributed by atoms with Crippen LogP contribution in [0.4, 0.5) is 0 Å². The molecule has 2 saturated heterocycles. The van der Waals surface area contributed by atoms with Gasteiger partial charge in [-0.3, -0.25) is 14.5 Å². The van der Waals surface area contributed by atoms with Crippen LogP contribution in [0.2, 0.25) is 0 Å². The highest BCUT2D eigenvalue weighted by molar-refractivity contribution is 5.92. The van der Waals surface area contributed by atoms with Gasteiger partial charge in [-0.05, 0) is 45.3 Å². The van der Waals surface area contributed by atoms with Gasteiger partial charge in [0.1, 0.15) is 5.75 Å². The molecule has 2 heterocycles. The van der Waals surface area contributed by atoms with Crippen LogP contribution in [0.3, 0.4) is 0 Å². The maximum absolute atomic E-state index is 12.6. The summed E-state index contributed by atoms with van der Waals surface area (Å²) < 4.78 is 5.60. The number of likely N-dealkylation sites (tertiary alicyclic amines) is 1. The number of nitrogens with zero attached hydrogens (tertiary/aromatic N) is 3. The van der Waals surface area contributed by atoms with E-state index in [1.165, 1.54) is 6.42 Å². The van der Waals surface area contributed by atoms with Crippen molar-refractivity contribution in [3.8, 4) is 5.75 Å². The molecule has 0 radical (unpaired) electrons. The molecule has 6 heteroatoms. The average molecular weight is 400 g/mol. The number of carbonyl (C=O) groups is 2. The van der Waals surface area contributed by atoms with Crippen molar-refractivity contribution in [2.75, 3.05) is 45.9 Å². The molecule has 29 heavy (non-hydrogen) atoms. The molecule has 1 aromatic rings. The second kappa shape index (κ2) is 10.4. The van der Waals surface area contributed by atoms with Crippen molar-refractivity contribution in [1.82, 2.24) is 14.7 Å². The largest absolute Gasteiger partial charge is 0.493 e. The van der Waals surface area contributed by atoms with Crippen molar-refractivity contribution in [1.29, 1.82) is 0 Å². The van der Waals surface area contributed by atoms with Gasteiger partial charge in [0.25, 0.3) is 0 Å². The number of rotatable bonds is 6. The molecular weight excluding hydrogens is 366 g/mol. The summed E-state index contributed by atoms with van der Waals surface area (Å²) in [5, 5.41) is 0. The molecule has 2 aliphatic rings. The van der Waals surface area contributed by atoms with Gasteiger partial charge in [-0.2, -0.15) is 0 Å². The molecule has 0 N–H and O–H groups in total. The van der Waals surface area contributed by atoms with Crippen LogP contribution in [0, 0.1) is 0 Å². The summed E-state index contributed by atoms with van der Waals surface area (Å²) in [6.45, 7) is 8.81. The Morgan fingerprint density at radius 3 is 2.59 bits per heavy atom. The highest BCUT2D eigenvalue weighted by Gasteiger charge is 2.26. The maximum atomic E-state index is 12.6. The lowest BCUT2D eigenvalue weighted by atomic mass is 10.0. The average Bonchev–Trinajstić information content (AvgIpc) is 2.74. The second-order valence-electron chi connectivity index (χ2n) is 7.84. The third-order valence-electron chi connectivity index (χ3n) is 5.79. The van der Waals surface area contributed by atoms with Crippen LogP contribution >= 0.6 is 0 Å². The van der Waals surface area contributed by atoms with Crippen LogP contribution in [-0.4, -0.2) is 78.4 Å². The zero-order valence-electron chi connectivity index (χ0n) is 17.7. The molecule has 1 unspecified atom stereocenters. The predicted molar refractivity (Wildman–Crippen MR) is 115 cm³/mol. The summed E-state index contributed by atoms with van der Waals surface area (Å²) in [4.78, 5) is 31.2. The molecule has 0 saturated carbocycles.